The molecule has 7 nitrogen and oxygen atoms in total. The van der Waals surface area contributed by atoms with Gasteiger partial charge >= 0.3 is 6.03 Å². The van der Waals surface area contributed by atoms with E-state index in [0.717, 1.165) is 29.5 Å². The summed E-state index contributed by atoms with van der Waals surface area (Å²) in [6.45, 7) is 2.98. The molecule has 0 spiro atoms. The Morgan fingerprint density at radius 2 is 1.97 bits per heavy atom. The van der Waals surface area contributed by atoms with Crippen LogP contribution < -0.4 is 10.0 Å². The maximum atomic E-state index is 12.6. The number of urea groups is 1. The number of pyridine rings is 1. The number of hydrogen-bond donors (Lipinski definition) is 2. The first-order valence-corrected chi connectivity index (χ1v) is 11.8. The third kappa shape index (κ3) is 5.77. The second-order valence-electron chi connectivity index (χ2n) is 7.34. The van der Waals surface area contributed by atoms with Gasteiger partial charge in [0, 0.05) is 37.4 Å². The lowest BCUT2D eigenvalue weighted by Gasteiger charge is -2.41. The molecular weight excluding hydrogens is 388 g/mol. The number of nitrogens with zero attached hydrogens (tertiary/aromatic N) is 2. The van der Waals surface area contributed by atoms with E-state index >= 15 is 0 Å². The number of nitrogens with one attached hydrogen (secondary N) is 2. The number of aromatic nitrogens is 1. The first-order valence-electron chi connectivity index (χ1n) is 9.89. The van der Waals surface area contributed by atoms with Crippen LogP contribution in [0.4, 0.5) is 4.79 Å². The summed E-state index contributed by atoms with van der Waals surface area (Å²) >= 11 is 0. The van der Waals surface area contributed by atoms with Crippen molar-refractivity contribution in [3.63, 3.8) is 0 Å². The molecule has 1 saturated heterocycles. The number of carbonyl (C=O) groups excluding carboxylic acids is 1. The highest BCUT2D eigenvalue weighted by Crippen LogP contribution is 2.24. The summed E-state index contributed by atoms with van der Waals surface area (Å²) in [5.74, 6) is 0. The van der Waals surface area contributed by atoms with Crippen molar-refractivity contribution in [1.29, 1.82) is 0 Å². The molecule has 2 amide bonds. The number of amides is 2. The SMILES string of the molecule is CCNC(=O)N1CCC[C@@H](NS(C)(=O)=O)[C@H]1Cc1cc(-c2ccccc2)ccn1. The Morgan fingerprint density at radius 3 is 2.66 bits per heavy atom. The first kappa shape index (κ1) is 21.3. The summed E-state index contributed by atoms with van der Waals surface area (Å²) < 4.78 is 26.5. The molecule has 2 atom stereocenters. The fraction of sp³-hybridized carbons (Fsp3) is 0.429. The lowest BCUT2D eigenvalue weighted by molar-refractivity contribution is 0.133. The molecule has 8 heteroatoms. The van der Waals surface area contributed by atoms with E-state index in [4.69, 9.17) is 0 Å². The molecule has 0 radical (unpaired) electrons. The van der Waals surface area contributed by atoms with Gasteiger partial charge in [-0.3, -0.25) is 4.98 Å². The number of likely N-dealkylation sites (tertiary alicyclic amines) is 1. The van der Waals surface area contributed by atoms with Crippen LogP contribution in [0, 0.1) is 0 Å². The normalized spacial score (nSPS) is 19.7. The van der Waals surface area contributed by atoms with Crippen LogP contribution in [0.3, 0.4) is 0 Å². The number of benzene rings is 1. The highest BCUT2D eigenvalue weighted by Gasteiger charge is 2.36. The van der Waals surface area contributed by atoms with Gasteiger partial charge < -0.3 is 10.2 Å². The lowest BCUT2D eigenvalue weighted by atomic mass is 9.92. The van der Waals surface area contributed by atoms with Crippen molar-refractivity contribution in [3.8, 4) is 11.1 Å². The van der Waals surface area contributed by atoms with Gasteiger partial charge in [0.05, 0.1) is 12.3 Å². The van der Waals surface area contributed by atoms with Crippen LogP contribution in [0.15, 0.2) is 48.7 Å². The zero-order valence-corrected chi connectivity index (χ0v) is 17.7. The maximum Gasteiger partial charge on any atom is 0.317 e. The monoisotopic (exact) mass is 416 g/mol. The van der Waals surface area contributed by atoms with E-state index in [1.54, 1.807) is 11.1 Å². The van der Waals surface area contributed by atoms with Gasteiger partial charge in [-0.2, -0.15) is 0 Å². The van der Waals surface area contributed by atoms with E-state index in [2.05, 4.69) is 15.0 Å². The molecule has 0 bridgehead atoms. The lowest BCUT2D eigenvalue weighted by Crippen LogP contribution is -2.59. The van der Waals surface area contributed by atoms with Gasteiger partial charge in [-0.25, -0.2) is 17.9 Å². The molecule has 2 N–H and O–H groups in total. The molecule has 3 rings (SSSR count). The smallest absolute Gasteiger partial charge is 0.317 e. The van der Waals surface area contributed by atoms with E-state index in [1.165, 1.54) is 0 Å². The zero-order valence-electron chi connectivity index (χ0n) is 16.8. The summed E-state index contributed by atoms with van der Waals surface area (Å²) in [6, 6.07) is 13.2. The van der Waals surface area contributed by atoms with Gasteiger partial charge in [0.25, 0.3) is 0 Å². The van der Waals surface area contributed by atoms with Crippen LogP contribution in [-0.2, 0) is 16.4 Å². The summed E-state index contributed by atoms with van der Waals surface area (Å²) in [5, 5.41) is 2.84. The minimum absolute atomic E-state index is 0.170. The Balaban J connectivity index is 1.89. The topological polar surface area (TPSA) is 91.4 Å². The van der Waals surface area contributed by atoms with Crippen LogP contribution in [0.25, 0.3) is 11.1 Å². The van der Waals surface area contributed by atoms with Crippen molar-refractivity contribution >= 4 is 16.1 Å². The molecule has 29 heavy (non-hydrogen) atoms. The Kier molecular flexibility index (Phi) is 6.87. The van der Waals surface area contributed by atoms with Crippen LogP contribution in [0.2, 0.25) is 0 Å². The number of carbonyl (C=O) groups is 1. The second-order valence-corrected chi connectivity index (χ2v) is 9.12. The van der Waals surface area contributed by atoms with E-state index in [1.807, 2.05) is 49.4 Å². The highest BCUT2D eigenvalue weighted by atomic mass is 32.2. The number of hydrogen-bond acceptors (Lipinski definition) is 4. The molecular formula is C21H28N4O3S. The Bertz CT molecular complexity index is 934. The average molecular weight is 417 g/mol. The summed E-state index contributed by atoms with van der Waals surface area (Å²) in [7, 11) is -3.39. The number of piperidine rings is 1. The van der Waals surface area contributed by atoms with Gasteiger partial charge in [-0.1, -0.05) is 30.3 Å². The molecule has 0 aliphatic carbocycles. The van der Waals surface area contributed by atoms with Crippen LogP contribution in [0.1, 0.15) is 25.5 Å². The van der Waals surface area contributed by atoms with Crippen molar-refractivity contribution in [2.75, 3.05) is 19.3 Å². The van der Waals surface area contributed by atoms with Gasteiger partial charge in [0.2, 0.25) is 10.0 Å². The predicted octanol–water partition coefficient (Wildman–Crippen LogP) is 2.40. The standard InChI is InChI=1S/C21H28N4O3S/c1-3-22-21(26)25-13-7-10-19(24-29(2,27)28)20(25)15-18-14-17(11-12-23-18)16-8-5-4-6-9-16/h4-6,8-9,11-12,14,19-20,24H,3,7,10,13,15H2,1-2H3,(H,22,26)/t19-,20-/m1/s1. The molecule has 1 aromatic heterocycles. The molecule has 1 aromatic carbocycles. The summed E-state index contributed by atoms with van der Waals surface area (Å²) in [6.07, 6.45) is 4.83. The molecule has 0 saturated carbocycles. The Morgan fingerprint density at radius 1 is 1.21 bits per heavy atom. The average Bonchev–Trinajstić information content (AvgIpc) is 2.69. The summed E-state index contributed by atoms with van der Waals surface area (Å²) in [4.78, 5) is 18.9. The molecule has 0 unspecified atom stereocenters. The minimum atomic E-state index is -3.39. The van der Waals surface area contributed by atoms with E-state index in [0.29, 0.717) is 25.9 Å². The van der Waals surface area contributed by atoms with Gasteiger partial charge in [0.1, 0.15) is 0 Å². The van der Waals surface area contributed by atoms with E-state index < -0.39 is 10.0 Å². The van der Waals surface area contributed by atoms with Crippen LogP contribution >= 0.6 is 0 Å². The molecule has 2 heterocycles. The van der Waals surface area contributed by atoms with Crippen molar-refractivity contribution in [1.82, 2.24) is 19.9 Å². The third-order valence-electron chi connectivity index (χ3n) is 5.08. The fourth-order valence-corrected chi connectivity index (χ4v) is 4.67. The summed E-state index contributed by atoms with van der Waals surface area (Å²) in [5.41, 5.74) is 2.96. The van der Waals surface area contributed by atoms with Crippen molar-refractivity contribution < 1.29 is 13.2 Å². The number of rotatable bonds is 6. The van der Waals surface area contributed by atoms with Crippen LogP contribution in [-0.4, -0.2) is 55.8 Å². The van der Waals surface area contributed by atoms with Crippen LogP contribution in [0.5, 0.6) is 0 Å². The van der Waals surface area contributed by atoms with Crippen molar-refractivity contribution in [3.05, 3.63) is 54.4 Å². The molecule has 156 valence electrons. The Labute approximate surface area is 172 Å². The molecule has 1 aliphatic heterocycles. The van der Waals surface area contributed by atoms with E-state index in [9.17, 15) is 13.2 Å². The minimum Gasteiger partial charge on any atom is -0.338 e. The van der Waals surface area contributed by atoms with Crippen molar-refractivity contribution in [2.24, 2.45) is 0 Å². The molecule has 1 fully saturated rings. The van der Waals surface area contributed by atoms with E-state index in [-0.39, 0.29) is 18.1 Å². The quantitative estimate of drug-likeness (QED) is 0.756. The molecule has 2 aromatic rings. The van der Waals surface area contributed by atoms with Gasteiger partial charge in [-0.05, 0) is 43.0 Å². The molecule has 1 aliphatic rings. The maximum absolute atomic E-state index is 12.6. The first-order chi connectivity index (χ1) is 13.9. The largest absolute Gasteiger partial charge is 0.338 e. The predicted molar refractivity (Wildman–Crippen MR) is 114 cm³/mol. The second kappa shape index (κ2) is 9.37. The zero-order chi connectivity index (χ0) is 20.9. The Hall–Kier alpha value is -2.45. The van der Waals surface area contributed by atoms with Crippen molar-refractivity contribution in [2.45, 2.75) is 38.3 Å². The highest BCUT2D eigenvalue weighted by molar-refractivity contribution is 7.88. The third-order valence-corrected chi connectivity index (χ3v) is 5.81. The van der Waals surface area contributed by atoms with Gasteiger partial charge in [-0.15, -0.1) is 0 Å². The fourth-order valence-electron chi connectivity index (χ4n) is 3.84. The van der Waals surface area contributed by atoms with Gasteiger partial charge in [0.15, 0.2) is 0 Å². The number of sulfonamides is 1.